The highest BCUT2D eigenvalue weighted by molar-refractivity contribution is 6.31. The molecule has 1 spiro atoms. The Labute approximate surface area is 211 Å². The lowest BCUT2D eigenvalue weighted by Crippen LogP contribution is -2.65. The van der Waals surface area contributed by atoms with E-state index in [1.54, 1.807) is 0 Å². The van der Waals surface area contributed by atoms with Crippen molar-refractivity contribution in [3.05, 3.63) is 58.9 Å². The second kappa shape index (κ2) is 8.33. The van der Waals surface area contributed by atoms with Crippen LogP contribution in [0.4, 0.5) is 19.4 Å². The van der Waals surface area contributed by atoms with Gasteiger partial charge in [-0.2, -0.15) is 13.9 Å². The number of benzene rings is 1. The molecule has 3 aliphatic rings. The zero-order chi connectivity index (χ0) is 25.1. The predicted octanol–water partition coefficient (Wildman–Crippen LogP) is 4.53. The van der Waals surface area contributed by atoms with Crippen LogP contribution in [0.25, 0.3) is 11.3 Å². The smallest absolute Gasteiger partial charge is 0.387 e. The number of nitrogens with one attached hydrogen (secondary N) is 1. The summed E-state index contributed by atoms with van der Waals surface area (Å²) in [6.45, 7) is -1.11. The van der Waals surface area contributed by atoms with E-state index in [1.807, 2.05) is 39.9 Å². The summed E-state index contributed by atoms with van der Waals surface area (Å²) >= 11 is 6.45. The number of likely N-dealkylation sites (tertiary alicyclic amines) is 1. The van der Waals surface area contributed by atoms with E-state index < -0.39 is 12.2 Å². The molecule has 2 amide bonds. The van der Waals surface area contributed by atoms with Crippen LogP contribution < -0.4 is 15.8 Å². The molecule has 0 radical (unpaired) electrons. The van der Waals surface area contributed by atoms with Crippen LogP contribution in [0.5, 0.6) is 5.75 Å². The van der Waals surface area contributed by atoms with Crippen molar-refractivity contribution in [3.8, 4) is 17.0 Å². The zero-order valence-electron chi connectivity index (χ0n) is 19.4. The predicted molar refractivity (Wildman–Crippen MR) is 130 cm³/mol. The average molecular weight is 515 g/mol. The third kappa shape index (κ3) is 3.66. The molecule has 0 unspecified atom stereocenters. The van der Waals surface area contributed by atoms with Gasteiger partial charge in [0.15, 0.2) is 11.6 Å². The van der Waals surface area contributed by atoms with Crippen molar-refractivity contribution in [2.75, 3.05) is 18.8 Å². The molecule has 3 aromatic rings. The van der Waals surface area contributed by atoms with Gasteiger partial charge in [0.2, 0.25) is 0 Å². The number of urea groups is 1. The second-order valence-corrected chi connectivity index (χ2v) is 10.3. The molecule has 4 heterocycles. The quantitative estimate of drug-likeness (QED) is 0.521. The van der Waals surface area contributed by atoms with Gasteiger partial charge in [-0.15, -0.1) is 0 Å². The number of aromatic nitrogens is 3. The molecular formula is C25H25ClF2N6O2. The van der Waals surface area contributed by atoms with Gasteiger partial charge in [0, 0.05) is 47.5 Å². The molecule has 1 saturated carbocycles. The molecule has 6 rings (SSSR count). The van der Waals surface area contributed by atoms with Crippen molar-refractivity contribution < 1.29 is 18.3 Å². The van der Waals surface area contributed by atoms with E-state index in [1.165, 1.54) is 12.3 Å². The van der Waals surface area contributed by atoms with Crippen LogP contribution >= 0.6 is 11.6 Å². The average Bonchev–Trinajstić information content (AvgIpc) is 3.36. The first-order chi connectivity index (χ1) is 17.3. The fourth-order valence-electron chi connectivity index (χ4n) is 5.66. The molecular weight excluding hydrogens is 490 g/mol. The molecule has 36 heavy (non-hydrogen) atoms. The highest BCUT2D eigenvalue weighted by atomic mass is 35.5. The number of aryl methyl sites for hydroxylation is 1. The zero-order valence-corrected chi connectivity index (χ0v) is 20.1. The minimum absolute atomic E-state index is 0.0880. The number of hydrogen-bond acceptors (Lipinski definition) is 5. The summed E-state index contributed by atoms with van der Waals surface area (Å²) < 4.78 is 31.8. The number of fused-ring (bicyclic) bond motifs is 2. The van der Waals surface area contributed by atoms with Gasteiger partial charge in [-0.05, 0) is 49.4 Å². The SMILES string of the molecule is Nc1ncc(-c2cc3n(n2)CCC32CN(C(=O)NC3(c4ccccc4Cl)CCC3)C2)cc1OC(F)F. The van der Waals surface area contributed by atoms with E-state index in [0.29, 0.717) is 29.4 Å². The highest BCUT2D eigenvalue weighted by Gasteiger charge is 2.53. The summed E-state index contributed by atoms with van der Waals surface area (Å²) in [4.78, 5) is 19.0. The lowest BCUT2D eigenvalue weighted by Gasteiger charge is -2.50. The fourth-order valence-corrected chi connectivity index (χ4v) is 5.98. The fraction of sp³-hybridized carbons (Fsp3) is 0.400. The minimum Gasteiger partial charge on any atom is -0.431 e. The van der Waals surface area contributed by atoms with Gasteiger partial charge in [-0.3, -0.25) is 4.68 Å². The molecule has 2 fully saturated rings. The van der Waals surface area contributed by atoms with Crippen molar-refractivity contribution >= 4 is 23.4 Å². The molecule has 1 aliphatic carbocycles. The number of amides is 2. The maximum Gasteiger partial charge on any atom is 0.387 e. The number of anilines is 1. The van der Waals surface area contributed by atoms with Crippen molar-refractivity contribution in [2.45, 2.75) is 49.8 Å². The number of nitrogens with two attached hydrogens (primary N) is 1. The lowest BCUT2D eigenvalue weighted by molar-refractivity contribution is -0.0494. The van der Waals surface area contributed by atoms with Gasteiger partial charge in [-0.25, -0.2) is 9.78 Å². The number of carbonyl (C=O) groups excluding carboxylic acids is 1. The van der Waals surface area contributed by atoms with Gasteiger partial charge >= 0.3 is 12.6 Å². The van der Waals surface area contributed by atoms with Crippen LogP contribution in [0.2, 0.25) is 5.02 Å². The number of nitrogen functional groups attached to an aromatic ring is 1. The number of rotatable bonds is 5. The Balaban J connectivity index is 1.18. The summed E-state index contributed by atoms with van der Waals surface area (Å²) in [5.41, 5.74) is 8.21. The molecule has 188 valence electrons. The van der Waals surface area contributed by atoms with E-state index in [0.717, 1.165) is 43.5 Å². The Morgan fingerprint density at radius 1 is 1.19 bits per heavy atom. The lowest BCUT2D eigenvalue weighted by atomic mass is 9.71. The molecule has 0 bridgehead atoms. The van der Waals surface area contributed by atoms with Crippen molar-refractivity contribution in [1.29, 1.82) is 0 Å². The van der Waals surface area contributed by atoms with E-state index >= 15 is 0 Å². The normalized spacial score (nSPS) is 19.1. The first-order valence-electron chi connectivity index (χ1n) is 11.9. The molecule has 2 aliphatic heterocycles. The molecule has 1 saturated heterocycles. The van der Waals surface area contributed by atoms with Crippen LogP contribution in [0.1, 0.15) is 36.9 Å². The summed E-state index contributed by atoms with van der Waals surface area (Å²) in [7, 11) is 0. The van der Waals surface area contributed by atoms with E-state index in [4.69, 9.17) is 17.3 Å². The van der Waals surface area contributed by atoms with Gasteiger partial charge in [-0.1, -0.05) is 29.8 Å². The van der Waals surface area contributed by atoms with Crippen LogP contribution in [0, 0.1) is 0 Å². The third-order valence-corrected chi connectivity index (χ3v) is 8.07. The summed E-state index contributed by atoms with van der Waals surface area (Å²) in [5.74, 6) is -0.288. The van der Waals surface area contributed by atoms with Crippen LogP contribution in [0.15, 0.2) is 42.6 Å². The number of halogens is 3. The van der Waals surface area contributed by atoms with E-state index in [2.05, 4.69) is 20.1 Å². The standard InChI is InChI=1S/C25H25ClF2N6O2/c26-17-5-2-1-4-16(17)25(6-3-7-25)31-23(35)33-13-24(14-33)8-9-34-20(24)11-18(32-34)15-10-19(36-22(27)28)21(29)30-12-15/h1-2,4-5,10-12,22H,3,6-9,13-14H2,(H2,29,30)(H,31,35). The Bertz CT molecular complexity index is 1340. The van der Waals surface area contributed by atoms with Crippen LogP contribution in [-0.4, -0.2) is 45.4 Å². The molecule has 11 heteroatoms. The Kier molecular flexibility index (Phi) is 5.33. The van der Waals surface area contributed by atoms with Crippen LogP contribution in [-0.2, 0) is 17.5 Å². The van der Waals surface area contributed by atoms with Crippen molar-refractivity contribution in [3.63, 3.8) is 0 Å². The van der Waals surface area contributed by atoms with E-state index in [-0.39, 0.29) is 23.0 Å². The largest absolute Gasteiger partial charge is 0.431 e. The first kappa shape index (κ1) is 23.0. The topological polar surface area (TPSA) is 98.3 Å². The molecule has 2 aromatic heterocycles. The van der Waals surface area contributed by atoms with E-state index in [9.17, 15) is 13.6 Å². The van der Waals surface area contributed by atoms with Crippen molar-refractivity contribution in [1.82, 2.24) is 25.0 Å². The molecule has 0 atom stereocenters. The van der Waals surface area contributed by atoms with Gasteiger partial charge < -0.3 is 20.7 Å². The number of pyridine rings is 1. The monoisotopic (exact) mass is 514 g/mol. The summed E-state index contributed by atoms with van der Waals surface area (Å²) in [6.07, 6.45) is 5.15. The third-order valence-electron chi connectivity index (χ3n) is 7.74. The number of carbonyl (C=O) groups is 1. The maximum atomic E-state index is 13.2. The van der Waals surface area contributed by atoms with Gasteiger partial charge in [0.05, 0.1) is 11.2 Å². The Morgan fingerprint density at radius 2 is 1.97 bits per heavy atom. The number of ether oxygens (including phenoxy) is 1. The molecule has 3 N–H and O–H groups in total. The molecule has 8 nitrogen and oxygen atoms in total. The van der Waals surface area contributed by atoms with Gasteiger partial charge in [0.1, 0.15) is 0 Å². The highest BCUT2D eigenvalue weighted by Crippen LogP contribution is 2.47. The first-order valence-corrected chi connectivity index (χ1v) is 12.3. The Morgan fingerprint density at radius 3 is 2.67 bits per heavy atom. The van der Waals surface area contributed by atoms with Crippen molar-refractivity contribution in [2.24, 2.45) is 0 Å². The number of alkyl halides is 2. The molecule has 1 aromatic carbocycles. The minimum atomic E-state index is -3.00. The Hall–Kier alpha value is -3.40. The second-order valence-electron chi connectivity index (χ2n) is 9.86. The number of nitrogens with zero attached hydrogens (tertiary/aromatic N) is 4. The summed E-state index contributed by atoms with van der Waals surface area (Å²) in [6, 6.07) is 11.0. The van der Waals surface area contributed by atoms with Gasteiger partial charge in [0.25, 0.3) is 0 Å². The van der Waals surface area contributed by atoms with Crippen LogP contribution in [0.3, 0.4) is 0 Å². The number of hydrogen-bond donors (Lipinski definition) is 2. The maximum absolute atomic E-state index is 13.2. The summed E-state index contributed by atoms with van der Waals surface area (Å²) in [5, 5.41) is 8.58.